The van der Waals surface area contributed by atoms with Crippen molar-refractivity contribution in [1.82, 2.24) is 15.0 Å². The smallest absolute Gasteiger partial charge is 0.0929 e. The molecule has 0 spiro atoms. The number of aryl methyl sites for hydroxylation is 1. The summed E-state index contributed by atoms with van der Waals surface area (Å²) in [5.41, 5.74) is 2.26. The SMILES string of the molecule is Cc1nnn(-c2ccc(Cl)cc2)c1CO. The number of aliphatic hydroxyl groups is 1. The molecule has 2 rings (SSSR count). The summed E-state index contributed by atoms with van der Waals surface area (Å²) in [4.78, 5) is 0. The van der Waals surface area contributed by atoms with Gasteiger partial charge in [-0.05, 0) is 31.2 Å². The van der Waals surface area contributed by atoms with Crippen molar-refractivity contribution in [3.63, 3.8) is 0 Å². The van der Waals surface area contributed by atoms with Gasteiger partial charge in [-0.2, -0.15) is 0 Å². The quantitative estimate of drug-likeness (QED) is 0.844. The van der Waals surface area contributed by atoms with Gasteiger partial charge in [0.2, 0.25) is 0 Å². The molecule has 0 amide bonds. The molecule has 0 atom stereocenters. The van der Waals surface area contributed by atoms with Crippen LogP contribution in [0.2, 0.25) is 5.02 Å². The van der Waals surface area contributed by atoms with E-state index in [1.165, 1.54) is 0 Å². The molecule has 4 nitrogen and oxygen atoms in total. The summed E-state index contributed by atoms with van der Waals surface area (Å²) in [5.74, 6) is 0. The van der Waals surface area contributed by atoms with Gasteiger partial charge in [-0.1, -0.05) is 16.8 Å². The predicted octanol–water partition coefficient (Wildman–Crippen LogP) is 1.72. The van der Waals surface area contributed by atoms with Crippen molar-refractivity contribution in [3.8, 4) is 5.69 Å². The van der Waals surface area contributed by atoms with Gasteiger partial charge in [0.15, 0.2) is 0 Å². The highest BCUT2D eigenvalue weighted by Gasteiger charge is 2.09. The predicted molar refractivity (Wildman–Crippen MR) is 57.0 cm³/mol. The van der Waals surface area contributed by atoms with Gasteiger partial charge in [0.1, 0.15) is 0 Å². The highest BCUT2D eigenvalue weighted by molar-refractivity contribution is 6.30. The zero-order valence-corrected chi connectivity index (χ0v) is 8.94. The van der Waals surface area contributed by atoms with Crippen LogP contribution < -0.4 is 0 Å². The van der Waals surface area contributed by atoms with E-state index in [1.807, 2.05) is 19.1 Å². The maximum atomic E-state index is 9.18. The van der Waals surface area contributed by atoms with Gasteiger partial charge in [0, 0.05) is 5.02 Å². The molecule has 1 heterocycles. The maximum absolute atomic E-state index is 9.18. The lowest BCUT2D eigenvalue weighted by Crippen LogP contribution is -2.02. The Morgan fingerprint density at radius 3 is 2.60 bits per heavy atom. The van der Waals surface area contributed by atoms with Crippen LogP contribution in [0.15, 0.2) is 24.3 Å². The summed E-state index contributed by atoms with van der Waals surface area (Å²) in [5, 5.41) is 17.7. The Balaban J connectivity index is 2.49. The fourth-order valence-electron chi connectivity index (χ4n) is 1.35. The van der Waals surface area contributed by atoms with Crippen LogP contribution in [0.3, 0.4) is 0 Å². The molecule has 0 fully saturated rings. The van der Waals surface area contributed by atoms with E-state index in [0.717, 1.165) is 11.4 Å². The van der Waals surface area contributed by atoms with E-state index in [-0.39, 0.29) is 6.61 Å². The molecule has 15 heavy (non-hydrogen) atoms. The van der Waals surface area contributed by atoms with E-state index in [9.17, 15) is 5.11 Å². The third-order valence-electron chi connectivity index (χ3n) is 2.18. The number of halogens is 1. The van der Waals surface area contributed by atoms with E-state index < -0.39 is 0 Å². The Morgan fingerprint density at radius 1 is 1.33 bits per heavy atom. The Kier molecular flexibility index (Phi) is 2.70. The van der Waals surface area contributed by atoms with Crippen LogP contribution in [0.1, 0.15) is 11.4 Å². The van der Waals surface area contributed by atoms with Crippen LogP contribution in [0.25, 0.3) is 5.69 Å². The zero-order valence-electron chi connectivity index (χ0n) is 8.18. The lowest BCUT2D eigenvalue weighted by molar-refractivity contribution is 0.272. The average molecular weight is 224 g/mol. The van der Waals surface area contributed by atoms with Crippen molar-refractivity contribution in [2.24, 2.45) is 0 Å². The molecule has 0 unspecified atom stereocenters. The molecule has 78 valence electrons. The third-order valence-corrected chi connectivity index (χ3v) is 2.43. The highest BCUT2D eigenvalue weighted by atomic mass is 35.5. The van der Waals surface area contributed by atoms with Gasteiger partial charge >= 0.3 is 0 Å². The first-order valence-corrected chi connectivity index (χ1v) is 4.88. The van der Waals surface area contributed by atoms with Crippen molar-refractivity contribution >= 4 is 11.6 Å². The molecular weight excluding hydrogens is 214 g/mol. The maximum Gasteiger partial charge on any atom is 0.0929 e. The molecule has 0 aliphatic carbocycles. The molecule has 0 aliphatic rings. The Labute approximate surface area is 92.1 Å². The fourth-order valence-corrected chi connectivity index (χ4v) is 1.47. The molecular formula is C10H10ClN3O. The first kappa shape index (κ1) is 10.1. The van der Waals surface area contributed by atoms with Crippen LogP contribution >= 0.6 is 11.6 Å². The monoisotopic (exact) mass is 223 g/mol. The Hall–Kier alpha value is -1.39. The minimum absolute atomic E-state index is 0.0819. The minimum atomic E-state index is -0.0819. The summed E-state index contributed by atoms with van der Waals surface area (Å²) in [7, 11) is 0. The standard InChI is InChI=1S/C10H10ClN3O/c1-7-10(6-15)14(13-12-7)9-4-2-8(11)3-5-9/h2-5,15H,6H2,1H3. The molecule has 0 radical (unpaired) electrons. The van der Waals surface area contributed by atoms with E-state index in [2.05, 4.69) is 10.3 Å². The molecule has 1 aromatic heterocycles. The van der Waals surface area contributed by atoms with E-state index in [1.54, 1.807) is 16.8 Å². The lowest BCUT2D eigenvalue weighted by Gasteiger charge is -2.04. The van der Waals surface area contributed by atoms with Crippen molar-refractivity contribution in [1.29, 1.82) is 0 Å². The van der Waals surface area contributed by atoms with E-state index >= 15 is 0 Å². The van der Waals surface area contributed by atoms with Crippen LogP contribution in [0, 0.1) is 6.92 Å². The molecule has 2 aromatic rings. The van der Waals surface area contributed by atoms with Gasteiger partial charge < -0.3 is 5.11 Å². The summed E-state index contributed by atoms with van der Waals surface area (Å²) < 4.78 is 1.60. The Bertz CT molecular complexity index is 464. The van der Waals surface area contributed by atoms with Crippen LogP contribution in [0.5, 0.6) is 0 Å². The number of hydrogen-bond donors (Lipinski definition) is 1. The summed E-state index contributed by atoms with van der Waals surface area (Å²) in [6.45, 7) is 1.73. The van der Waals surface area contributed by atoms with E-state index in [4.69, 9.17) is 11.6 Å². The van der Waals surface area contributed by atoms with Crippen molar-refractivity contribution in [3.05, 3.63) is 40.7 Å². The van der Waals surface area contributed by atoms with Crippen molar-refractivity contribution in [2.75, 3.05) is 0 Å². The number of aliphatic hydroxyl groups excluding tert-OH is 1. The van der Waals surface area contributed by atoms with E-state index in [0.29, 0.717) is 10.7 Å². The molecule has 1 aromatic carbocycles. The minimum Gasteiger partial charge on any atom is -0.390 e. The fraction of sp³-hybridized carbons (Fsp3) is 0.200. The van der Waals surface area contributed by atoms with Gasteiger partial charge in [-0.25, -0.2) is 4.68 Å². The van der Waals surface area contributed by atoms with Crippen LogP contribution in [0.4, 0.5) is 0 Å². The highest BCUT2D eigenvalue weighted by Crippen LogP contribution is 2.15. The molecule has 5 heteroatoms. The van der Waals surface area contributed by atoms with Crippen LogP contribution in [-0.4, -0.2) is 20.1 Å². The molecule has 1 N–H and O–H groups in total. The Morgan fingerprint density at radius 2 is 2.00 bits per heavy atom. The summed E-state index contributed by atoms with van der Waals surface area (Å²) in [6.07, 6.45) is 0. The second-order valence-electron chi connectivity index (χ2n) is 3.17. The summed E-state index contributed by atoms with van der Waals surface area (Å²) in [6, 6.07) is 7.20. The van der Waals surface area contributed by atoms with Gasteiger partial charge in [0.25, 0.3) is 0 Å². The lowest BCUT2D eigenvalue weighted by atomic mass is 10.3. The normalized spacial score (nSPS) is 10.6. The van der Waals surface area contributed by atoms with Crippen LogP contribution in [-0.2, 0) is 6.61 Å². The number of nitrogens with zero attached hydrogens (tertiary/aromatic N) is 3. The van der Waals surface area contributed by atoms with Crippen molar-refractivity contribution in [2.45, 2.75) is 13.5 Å². The topological polar surface area (TPSA) is 50.9 Å². The number of benzene rings is 1. The number of aromatic nitrogens is 3. The van der Waals surface area contributed by atoms with Gasteiger partial charge in [0.05, 0.1) is 23.7 Å². The molecule has 0 aliphatic heterocycles. The number of rotatable bonds is 2. The van der Waals surface area contributed by atoms with Gasteiger partial charge in [-0.3, -0.25) is 0 Å². The largest absolute Gasteiger partial charge is 0.390 e. The zero-order chi connectivity index (χ0) is 10.8. The molecule has 0 bridgehead atoms. The second-order valence-corrected chi connectivity index (χ2v) is 3.60. The average Bonchev–Trinajstić information content (AvgIpc) is 2.61. The molecule has 0 saturated heterocycles. The van der Waals surface area contributed by atoms with Gasteiger partial charge in [-0.15, -0.1) is 5.10 Å². The first-order valence-electron chi connectivity index (χ1n) is 4.50. The third kappa shape index (κ3) is 1.86. The van der Waals surface area contributed by atoms with Crippen molar-refractivity contribution < 1.29 is 5.11 Å². The second kappa shape index (κ2) is 4.00. The summed E-state index contributed by atoms with van der Waals surface area (Å²) >= 11 is 5.78. The first-order chi connectivity index (χ1) is 7.22. The molecule has 0 saturated carbocycles. The number of hydrogen-bond acceptors (Lipinski definition) is 3.